The van der Waals surface area contributed by atoms with E-state index >= 15 is 0 Å². The highest BCUT2D eigenvalue weighted by Crippen LogP contribution is 2.29. The van der Waals surface area contributed by atoms with Crippen molar-refractivity contribution in [1.82, 2.24) is 15.1 Å². The lowest BCUT2D eigenvalue weighted by atomic mass is 9.90. The summed E-state index contributed by atoms with van der Waals surface area (Å²) < 4.78 is 42.8. The molecule has 26 heavy (non-hydrogen) atoms. The zero-order chi connectivity index (χ0) is 18.7. The second-order valence-electron chi connectivity index (χ2n) is 6.24. The highest BCUT2D eigenvalue weighted by Gasteiger charge is 2.34. The molecule has 0 radical (unpaired) electrons. The first-order chi connectivity index (χ1) is 12.3. The fraction of sp³-hybridized carbons (Fsp3) is 0.412. The maximum atomic E-state index is 12.6. The van der Waals surface area contributed by atoms with Crippen LogP contribution in [0.3, 0.4) is 0 Å². The van der Waals surface area contributed by atoms with E-state index in [1.165, 1.54) is 24.3 Å². The second-order valence-corrected chi connectivity index (χ2v) is 6.24. The Morgan fingerprint density at radius 2 is 2.08 bits per heavy atom. The molecule has 2 heterocycles. The van der Waals surface area contributed by atoms with Gasteiger partial charge in [0.2, 0.25) is 5.91 Å². The molecule has 1 aromatic carbocycles. The van der Waals surface area contributed by atoms with Gasteiger partial charge in [0, 0.05) is 37.9 Å². The fourth-order valence-corrected chi connectivity index (χ4v) is 2.97. The van der Waals surface area contributed by atoms with Gasteiger partial charge in [0.25, 0.3) is 0 Å². The van der Waals surface area contributed by atoms with Crippen LogP contribution in [-0.2, 0) is 11.8 Å². The molecule has 0 unspecified atom stereocenters. The Kier molecular flexibility index (Phi) is 5.17. The minimum atomic E-state index is -4.39. The van der Waals surface area contributed by atoms with Crippen molar-refractivity contribution >= 4 is 11.6 Å². The highest BCUT2D eigenvalue weighted by atomic mass is 19.4. The maximum Gasteiger partial charge on any atom is 0.422 e. The molecule has 2 atom stereocenters. The summed E-state index contributed by atoms with van der Waals surface area (Å²) in [6, 6.07) is 5.83. The molecule has 9 heteroatoms. The van der Waals surface area contributed by atoms with Crippen molar-refractivity contribution in [3.05, 3.63) is 42.2 Å². The first-order valence-electron chi connectivity index (χ1n) is 8.11. The van der Waals surface area contributed by atoms with E-state index in [-0.39, 0.29) is 23.5 Å². The number of aromatic nitrogens is 2. The van der Waals surface area contributed by atoms with Crippen molar-refractivity contribution in [3.8, 4) is 5.75 Å². The number of amides is 1. The molecule has 1 aromatic heterocycles. The Morgan fingerprint density at radius 3 is 2.69 bits per heavy atom. The van der Waals surface area contributed by atoms with Gasteiger partial charge in [0.1, 0.15) is 5.75 Å². The molecule has 1 saturated heterocycles. The van der Waals surface area contributed by atoms with Gasteiger partial charge in [0.05, 0.1) is 12.1 Å². The maximum absolute atomic E-state index is 12.6. The molecule has 6 nitrogen and oxygen atoms in total. The number of ether oxygens (including phenoxy) is 1. The number of nitrogens with one attached hydrogen (secondary N) is 2. The monoisotopic (exact) mass is 368 g/mol. The van der Waals surface area contributed by atoms with E-state index in [9.17, 15) is 18.0 Å². The number of carbonyl (C=O) groups is 1. The van der Waals surface area contributed by atoms with Crippen LogP contribution in [0, 0.1) is 5.92 Å². The third kappa shape index (κ3) is 4.54. The van der Waals surface area contributed by atoms with Gasteiger partial charge in [-0.05, 0) is 29.8 Å². The Balaban J connectivity index is 1.60. The molecule has 1 aliphatic heterocycles. The molecule has 1 aliphatic rings. The molecule has 0 saturated carbocycles. The Hall–Kier alpha value is -2.55. The molecule has 2 aromatic rings. The third-order valence-electron chi connectivity index (χ3n) is 4.23. The molecule has 140 valence electrons. The molecule has 2 N–H and O–H groups in total. The van der Waals surface area contributed by atoms with Gasteiger partial charge in [-0.2, -0.15) is 18.3 Å². The normalized spacial score (nSPS) is 20.2. The van der Waals surface area contributed by atoms with Crippen LogP contribution in [-0.4, -0.2) is 41.6 Å². The predicted octanol–water partition coefficient (Wildman–Crippen LogP) is 2.30. The van der Waals surface area contributed by atoms with E-state index < -0.39 is 12.8 Å². The van der Waals surface area contributed by atoms with Crippen LogP contribution in [0.2, 0.25) is 0 Å². The topological polar surface area (TPSA) is 68.2 Å². The van der Waals surface area contributed by atoms with Crippen LogP contribution in [0.1, 0.15) is 11.5 Å². The lowest BCUT2D eigenvalue weighted by Gasteiger charge is -2.17. The number of benzene rings is 1. The number of hydrogen-bond acceptors (Lipinski definition) is 4. The van der Waals surface area contributed by atoms with Gasteiger partial charge in [0.15, 0.2) is 6.61 Å². The van der Waals surface area contributed by atoms with Crippen molar-refractivity contribution in [1.29, 1.82) is 0 Å². The summed E-state index contributed by atoms with van der Waals surface area (Å²) in [4.78, 5) is 12.6. The van der Waals surface area contributed by atoms with Crippen molar-refractivity contribution in [2.45, 2.75) is 12.1 Å². The molecule has 1 fully saturated rings. The summed E-state index contributed by atoms with van der Waals surface area (Å²) in [5.74, 6) is -0.276. The molecule has 0 bridgehead atoms. The average Bonchev–Trinajstić information content (AvgIpc) is 3.22. The van der Waals surface area contributed by atoms with Gasteiger partial charge in [-0.15, -0.1) is 0 Å². The lowest BCUT2D eigenvalue weighted by Crippen LogP contribution is -2.28. The van der Waals surface area contributed by atoms with Gasteiger partial charge < -0.3 is 15.4 Å². The molecule has 0 aliphatic carbocycles. The van der Waals surface area contributed by atoms with Crippen LogP contribution in [0.25, 0.3) is 0 Å². The quantitative estimate of drug-likeness (QED) is 0.850. The van der Waals surface area contributed by atoms with Crippen LogP contribution in [0.4, 0.5) is 18.9 Å². The van der Waals surface area contributed by atoms with Gasteiger partial charge >= 0.3 is 6.18 Å². The standard InChI is InChI=1S/C17H19F3N4O2/c1-24-9-11(6-22-24)14-7-21-8-15(14)16(25)23-12-2-4-13(5-3-12)26-10-17(18,19)20/h2-6,9,14-15,21H,7-8,10H2,1H3,(H,23,25)/t14-,15+/m1/s1. The number of aryl methyl sites for hydroxylation is 1. The first kappa shape index (κ1) is 18.2. The fourth-order valence-electron chi connectivity index (χ4n) is 2.97. The number of alkyl halides is 3. The van der Waals surface area contributed by atoms with Crippen molar-refractivity contribution in [2.75, 3.05) is 25.0 Å². The second kappa shape index (κ2) is 7.36. The zero-order valence-electron chi connectivity index (χ0n) is 14.1. The molecular weight excluding hydrogens is 349 g/mol. The number of hydrogen-bond donors (Lipinski definition) is 2. The van der Waals surface area contributed by atoms with Crippen molar-refractivity contribution in [2.24, 2.45) is 13.0 Å². The summed E-state index contributed by atoms with van der Waals surface area (Å²) in [5, 5.41) is 10.2. The highest BCUT2D eigenvalue weighted by molar-refractivity contribution is 5.93. The van der Waals surface area contributed by atoms with E-state index in [2.05, 4.69) is 20.5 Å². The van der Waals surface area contributed by atoms with Crippen LogP contribution in [0.15, 0.2) is 36.7 Å². The summed E-state index contributed by atoms with van der Waals surface area (Å²) in [6.45, 7) is -0.106. The number of rotatable bonds is 5. The van der Waals surface area contributed by atoms with E-state index in [4.69, 9.17) is 0 Å². The summed E-state index contributed by atoms with van der Waals surface area (Å²) in [5.41, 5.74) is 1.50. The van der Waals surface area contributed by atoms with Crippen molar-refractivity contribution < 1.29 is 22.7 Å². The molecule has 3 rings (SSSR count). The van der Waals surface area contributed by atoms with Crippen LogP contribution in [0.5, 0.6) is 5.75 Å². The van der Waals surface area contributed by atoms with Crippen molar-refractivity contribution in [3.63, 3.8) is 0 Å². The van der Waals surface area contributed by atoms with E-state index in [0.717, 1.165) is 5.56 Å². The number of halogens is 3. The average molecular weight is 368 g/mol. The number of nitrogens with zero attached hydrogens (tertiary/aromatic N) is 2. The van der Waals surface area contributed by atoms with Crippen LogP contribution >= 0.6 is 0 Å². The zero-order valence-corrected chi connectivity index (χ0v) is 14.1. The smallest absolute Gasteiger partial charge is 0.422 e. The Morgan fingerprint density at radius 1 is 1.35 bits per heavy atom. The Labute approximate surface area is 148 Å². The molecule has 0 spiro atoms. The summed E-state index contributed by atoms with van der Waals surface area (Å²) in [6.07, 6.45) is -0.737. The van der Waals surface area contributed by atoms with E-state index in [1.54, 1.807) is 10.9 Å². The van der Waals surface area contributed by atoms with Gasteiger partial charge in [-0.1, -0.05) is 0 Å². The first-order valence-corrected chi connectivity index (χ1v) is 8.11. The van der Waals surface area contributed by atoms with Gasteiger partial charge in [-0.3, -0.25) is 9.48 Å². The SMILES string of the molecule is Cn1cc([C@H]2CNC[C@@H]2C(=O)Nc2ccc(OCC(F)(F)F)cc2)cn1. The predicted molar refractivity (Wildman–Crippen MR) is 88.9 cm³/mol. The largest absolute Gasteiger partial charge is 0.484 e. The summed E-state index contributed by atoms with van der Waals surface area (Å²) >= 11 is 0. The minimum Gasteiger partial charge on any atom is -0.484 e. The molecular formula is C17H19F3N4O2. The van der Waals surface area contributed by atoms with Crippen LogP contribution < -0.4 is 15.4 Å². The van der Waals surface area contributed by atoms with E-state index in [0.29, 0.717) is 18.8 Å². The third-order valence-corrected chi connectivity index (χ3v) is 4.23. The van der Waals surface area contributed by atoms with E-state index in [1.807, 2.05) is 13.2 Å². The number of carbonyl (C=O) groups excluding carboxylic acids is 1. The van der Waals surface area contributed by atoms with Gasteiger partial charge in [-0.25, -0.2) is 0 Å². The Bertz CT molecular complexity index is 758. The number of anilines is 1. The molecule has 1 amide bonds. The minimum absolute atomic E-state index is 0.0260. The summed E-state index contributed by atoms with van der Waals surface area (Å²) in [7, 11) is 1.82. The lowest BCUT2D eigenvalue weighted by molar-refractivity contribution is -0.153.